The zero-order chi connectivity index (χ0) is 31.4. The lowest BCUT2D eigenvalue weighted by molar-refractivity contribution is 0.00372. The van der Waals surface area contributed by atoms with Crippen molar-refractivity contribution in [1.82, 2.24) is 15.0 Å². The van der Waals surface area contributed by atoms with Crippen LogP contribution in [0, 0.1) is 20.8 Å². The summed E-state index contributed by atoms with van der Waals surface area (Å²) in [5.41, 5.74) is 6.97. The Kier molecular flexibility index (Phi) is 9.14. The van der Waals surface area contributed by atoms with Crippen molar-refractivity contribution in [3.8, 4) is 11.6 Å². The first-order valence-corrected chi connectivity index (χ1v) is 16.2. The molecule has 0 N–H and O–H groups in total. The van der Waals surface area contributed by atoms with Gasteiger partial charge in [0.15, 0.2) is 0 Å². The fourth-order valence-corrected chi connectivity index (χ4v) is 7.24. The standard InChI is InChI=1S/C37H39N3O4S/c1-24-25(2)32-33-34(45-36(32)40-26(24)3)35(39-23-38-33)43-21-9-10-22-44-37(27-11-7-6-8-12-27,28-13-17-30(41-4)18-14-28)29-15-19-31(42-5)20-16-29/h6-8,11-15,17-19,23H,9-10,16,20-22H2,1-5H3. The Morgan fingerprint density at radius 1 is 0.800 bits per heavy atom. The van der Waals surface area contributed by atoms with Crippen molar-refractivity contribution < 1.29 is 18.9 Å². The van der Waals surface area contributed by atoms with E-state index in [0.717, 1.165) is 74.4 Å². The number of aromatic nitrogens is 3. The Morgan fingerprint density at radius 2 is 1.56 bits per heavy atom. The van der Waals surface area contributed by atoms with Crippen LogP contribution in [-0.2, 0) is 15.1 Å². The van der Waals surface area contributed by atoms with Crippen LogP contribution in [0.5, 0.6) is 11.6 Å². The molecule has 45 heavy (non-hydrogen) atoms. The molecule has 0 spiro atoms. The molecule has 7 nitrogen and oxygen atoms in total. The SMILES string of the molecule is COC1=CC=C(C(OCCCCOc2ncnc3c2sc2nc(C)c(C)c(C)c23)(c2ccccc2)c2ccc(OC)cc2)CC1. The third-order valence-corrected chi connectivity index (χ3v) is 9.83. The average molecular weight is 622 g/mol. The summed E-state index contributed by atoms with van der Waals surface area (Å²) in [5, 5.41) is 1.10. The van der Waals surface area contributed by atoms with Crippen LogP contribution in [0.4, 0.5) is 0 Å². The number of aryl methyl sites for hydroxylation is 2. The second kappa shape index (κ2) is 13.4. The maximum atomic E-state index is 7.02. The molecule has 0 bridgehead atoms. The smallest absolute Gasteiger partial charge is 0.234 e. The van der Waals surface area contributed by atoms with E-state index in [1.165, 1.54) is 16.7 Å². The van der Waals surface area contributed by atoms with E-state index in [4.69, 9.17) is 23.9 Å². The molecule has 232 valence electrons. The van der Waals surface area contributed by atoms with Crippen molar-refractivity contribution in [3.63, 3.8) is 0 Å². The summed E-state index contributed by atoms with van der Waals surface area (Å²) in [5.74, 6) is 2.40. The maximum Gasteiger partial charge on any atom is 0.234 e. The fourth-order valence-electron chi connectivity index (χ4n) is 6.07. The van der Waals surface area contributed by atoms with Gasteiger partial charge in [-0.2, -0.15) is 0 Å². The van der Waals surface area contributed by atoms with Gasteiger partial charge in [-0.1, -0.05) is 48.5 Å². The van der Waals surface area contributed by atoms with Crippen molar-refractivity contribution in [3.05, 3.63) is 112 Å². The zero-order valence-electron chi connectivity index (χ0n) is 26.6. The summed E-state index contributed by atoms with van der Waals surface area (Å²) in [6.45, 7) is 7.38. The van der Waals surface area contributed by atoms with E-state index < -0.39 is 5.60 Å². The van der Waals surface area contributed by atoms with Crippen molar-refractivity contribution in [2.24, 2.45) is 0 Å². The number of methoxy groups -OCH3 is 2. The first-order valence-electron chi connectivity index (χ1n) is 15.4. The number of fused-ring (bicyclic) bond motifs is 3. The number of benzene rings is 2. The van der Waals surface area contributed by atoms with E-state index in [1.807, 2.05) is 18.2 Å². The number of unbranched alkanes of at least 4 members (excludes halogenated alkanes) is 1. The lowest BCUT2D eigenvalue weighted by Gasteiger charge is -2.39. The van der Waals surface area contributed by atoms with Gasteiger partial charge in [-0.25, -0.2) is 15.0 Å². The number of allylic oxidation sites excluding steroid dienone is 3. The average Bonchev–Trinajstić information content (AvgIpc) is 3.46. The number of hydrogen-bond donors (Lipinski definition) is 0. The molecule has 8 heteroatoms. The van der Waals surface area contributed by atoms with Crippen LogP contribution in [-0.4, -0.2) is 42.4 Å². The Bertz CT molecular complexity index is 1860. The van der Waals surface area contributed by atoms with E-state index >= 15 is 0 Å². The summed E-state index contributed by atoms with van der Waals surface area (Å²) < 4.78 is 25.2. The van der Waals surface area contributed by atoms with Gasteiger partial charge < -0.3 is 18.9 Å². The molecule has 0 amide bonds. The molecule has 1 aliphatic carbocycles. The van der Waals surface area contributed by atoms with Crippen molar-refractivity contribution >= 4 is 31.8 Å². The minimum atomic E-state index is -0.749. The summed E-state index contributed by atoms with van der Waals surface area (Å²) in [6.07, 6.45) is 9.09. The van der Waals surface area contributed by atoms with Crippen LogP contribution in [0.25, 0.3) is 20.4 Å². The van der Waals surface area contributed by atoms with Gasteiger partial charge in [0, 0.05) is 24.1 Å². The molecule has 0 aliphatic heterocycles. The minimum absolute atomic E-state index is 0.525. The minimum Gasteiger partial charge on any atom is -0.501 e. The highest BCUT2D eigenvalue weighted by Gasteiger charge is 2.39. The Morgan fingerprint density at radius 3 is 2.27 bits per heavy atom. The number of rotatable bonds is 12. The molecule has 3 aromatic heterocycles. The first kappa shape index (κ1) is 30.7. The predicted octanol–water partition coefficient (Wildman–Crippen LogP) is 8.54. The van der Waals surface area contributed by atoms with Crippen LogP contribution >= 0.6 is 11.3 Å². The fraction of sp³-hybridized carbons (Fsp3) is 0.324. The quantitative estimate of drug-likeness (QED) is 0.129. The van der Waals surface area contributed by atoms with Crippen LogP contribution in [0.3, 0.4) is 0 Å². The molecular weight excluding hydrogens is 582 g/mol. The highest BCUT2D eigenvalue weighted by atomic mass is 32.1. The highest BCUT2D eigenvalue weighted by molar-refractivity contribution is 7.25. The van der Waals surface area contributed by atoms with Gasteiger partial charge in [-0.15, -0.1) is 11.3 Å². The van der Waals surface area contributed by atoms with E-state index in [9.17, 15) is 0 Å². The summed E-state index contributed by atoms with van der Waals surface area (Å²) in [4.78, 5) is 14.9. The second-order valence-corrected chi connectivity index (χ2v) is 12.3. The summed E-state index contributed by atoms with van der Waals surface area (Å²) >= 11 is 1.60. The van der Waals surface area contributed by atoms with Gasteiger partial charge in [0.05, 0.1) is 32.1 Å². The maximum absolute atomic E-state index is 7.02. The number of nitrogens with zero attached hydrogens (tertiary/aromatic N) is 3. The van der Waals surface area contributed by atoms with E-state index in [1.54, 1.807) is 31.9 Å². The Labute approximate surface area is 268 Å². The van der Waals surface area contributed by atoms with Gasteiger partial charge in [-0.3, -0.25) is 0 Å². The topological polar surface area (TPSA) is 75.6 Å². The van der Waals surface area contributed by atoms with Gasteiger partial charge in [0.2, 0.25) is 5.88 Å². The van der Waals surface area contributed by atoms with E-state index in [2.05, 4.69) is 79.3 Å². The molecule has 1 aliphatic rings. The van der Waals surface area contributed by atoms with Crippen LogP contribution < -0.4 is 9.47 Å². The van der Waals surface area contributed by atoms with Gasteiger partial charge >= 0.3 is 0 Å². The van der Waals surface area contributed by atoms with Crippen LogP contribution in [0.2, 0.25) is 0 Å². The molecule has 1 unspecified atom stereocenters. The molecule has 6 rings (SSSR count). The second-order valence-electron chi connectivity index (χ2n) is 11.3. The molecule has 5 aromatic rings. The van der Waals surface area contributed by atoms with Crippen LogP contribution in [0.15, 0.2) is 84.4 Å². The van der Waals surface area contributed by atoms with Crippen molar-refractivity contribution in [2.45, 2.75) is 52.1 Å². The molecule has 2 aromatic carbocycles. The lowest BCUT2D eigenvalue weighted by atomic mass is 9.76. The Hall–Kier alpha value is -4.27. The third kappa shape index (κ3) is 5.92. The molecule has 0 saturated heterocycles. The predicted molar refractivity (Wildman–Crippen MR) is 180 cm³/mol. The van der Waals surface area contributed by atoms with E-state index in [-0.39, 0.29) is 0 Å². The third-order valence-electron chi connectivity index (χ3n) is 8.77. The van der Waals surface area contributed by atoms with E-state index in [0.29, 0.717) is 19.1 Å². The van der Waals surface area contributed by atoms with Gasteiger partial charge in [-0.05, 0) is 86.1 Å². The molecule has 1 atom stereocenters. The largest absolute Gasteiger partial charge is 0.501 e. The highest BCUT2D eigenvalue weighted by Crippen LogP contribution is 2.45. The van der Waals surface area contributed by atoms with Gasteiger partial charge in [0.25, 0.3) is 0 Å². The van der Waals surface area contributed by atoms with Crippen molar-refractivity contribution in [1.29, 1.82) is 0 Å². The number of ether oxygens (including phenoxy) is 4. The van der Waals surface area contributed by atoms with Crippen molar-refractivity contribution in [2.75, 3.05) is 27.4 Å². The number of pyridine rings is 1. The van der Waals surface area contributed by atoms with Crippen LogP contribution in [0.1, 0.15) is 53.6 Å². The zero-order valence-corrected chi connectivity index (χ0v) is 27.4. The first-order chi connectivity index (χ1) is 22.0. The molecule has 0 radical (unpaired) electrons. The van der Waals surface area contributed by atoms with Gasteiger partial charge in [0.1, 0.15) is 27.2 Å². The number of thiophene rings is 1. The molecule has 0 saturated carbocycles. The Balaban J connectivity index is 1.22. The molecule has 0 fully saturated rings. The summed E-state index contributed by atoms with van der Waals surface area (Å²) in [6, 6.07) is 18.7. The monoisotopic (exact) mass is 621 g/mol. The number of hydrogen-bond acceptors (Lipinski definition) is 8. The summed E-state index contributed by atoms with van der Waals surface area (Å²) in [7, 11) is 3.41. The molecule has 3 heterocycles. The normalized spacial score (nSPS) is 14.6. The molecular formula is C37H39N3O4S. The lowest BCUT2D eigenvalue weighted by Crippen LogP contribution is -2.35.